The second-order valence-corrected chi connectivity index (χ2v) is 9.05. The molecule has 13 heteroatoms. The molecule has 1 amide bonds. The highest BCUT2D eigenvalue weighted by Gasteiger charge is 2.43. The maximum Gasteiger partial charge on any atom is 0.416 e. The highest BCUT2D eigenvalue weighted by Crippen LogP contribution is 2.42. The van der Waals surface area contributed by atoms with Crippen molar-refractivity contribution in [2.45, 2.75) is 51.1 Å². The van der Waals surface area contributed by atoms with E-state index in [0.29, 0.717) is 23.4 Å². The number of benzene rings is 2. The number of nitrogens with zero attached hydrogens (tertiary/aromatic N) is 2. The van der Waals surface area contributed by atoms with E-state index in [1.165, 1.54) is 19.2 Å². The van der Waals surface area contributed by atoms with Crippen molar-refractivity contribution in [3.05, 3.63) is 88.1 Å². The maximum atomic E-state index is 13.5. The molecule has 0 aliphatic carbocycles. The molecule has 0 radical (unpaired) electrons. The van der Waals surface area contributed by atoms with Gasteiger partial charge in [0.1, 0.15) is 6.10 Å². The molecule has 2 atom stereocenters. The largest absolute Gasteiger partial charge is 0.439 e. The van der Waals surface area contributed by atoms with Crippen LogP contribution in [0.5, 0.6) is 0 Å². The van der Waals surface area contributed by atoms with Crippen molar-refractivity contribution in [3.8, 4) is 11.3 Å². The lowest BCUT2D eigenvalue weighted by atomic mass is 9.95. The third-order valence-electron chi connectivity index (χ3n) is 6.37. The Balaban J connectivity index is 1.75. The summed E-state index contributed by atoms with van der Waals surface area (Å²) in [7, 11) is 0. The average Bonchev–Trinajstić information content (AvgIpc) is 3.11. The Kier molecular flexibility index (Phi) is 7.07. The van der Waals surface area contributed by atoms with Crippen molar-refractivity contribution >= 4 is 6.09 Å². The van der Waals surface area contributed by atoms with Crippen LogP contribution in [0, 0.1) is 6.92 Å². The zero-order chi connectivity index (χ0) is 28.9. The third-order valence-corrected chi connectivity index (χ3v) is 6.37. The number of aryl methyl sites for hydroxylation is 1. The molecule has 2 heterocycles. The lowest BCUT2D eigenvalue weighted by Crippen LogP contribution is -2.32. The second-order valence-electron chi connectivity index (χ2n) is 9.05. The molecule has 2 aromatic carbocycles. The summed E-state index contributed by atoms with van der Waals surface area (Å²) in [6.45, 7) is 2.53. The van der Waals surface area contributed by atoms with Gasteiger partial charge in [0.2, 0.25) is 0 Å². The molecule has 208 valence electrons. The molecule has 4 nitrogen and oxygen atoms in total. The van der Waals surface area contributed by atoms with E-state index >= 15 is 0 Å². The first kappa shape index (κ1) is 28.2. The summed E-state index contributed by atoms with van der Waals surface area (Å²) in [5.74, 6) is 0. The van der Waals surface area contributed by atoms with Gasteiger partial charge in [-0.15, -0.1) is 0 Å². The van der Waals surface area contributed by atoms with Crippen molar-refractivity contribution in [1.82, 2.24) is 9.88 Å². The number of hydrogen-bond donors (Lipinski definition) is 0. The summed E-state index contributed by atoms with van der Waals surface area (Å²) < 4.78 is 126. The fraction of sp³-hybridized carbons (Fsp3) is 0.308. The van der Waals surface area contributed by atoms with Gasteiger partial charge in [-0.1, -0.05) is 12.1 Å². The summed E-state index contributed by atoms with van der Waals surface area (Å²) in [6.07, 6.45) is -16.2. The molecule has 39 heavy (non-hydrogen) atoms. The number of hydrogen-bond acceptors (Lipinski definition) is 3. The highest BCUT2D eigenvalue weighted by molar-refractivity contribution is 5.73. The van der Waals surface area contributed by atoms with Gasteiger partial charge in [0.15, 0.2) is 0 Å². The van der Waals surface area contributed by atoms with Crippen LogP contribution < -0.4 is 0 Å². The Morgan fingerprint density at radius 2 is 1.44 bits per heavy atom. The van der Waals surface area contributed by atoms with E-state index < -0.39 is 65.6 Å². The Morgan fingerprint density at radius 3 is 1.97 bits per heavy atom. The molecule has 1 saturated heterocycles. The summed E-state index contributed by atoms with van der Waals surface area (Å²) in [6, 6.07) is 5.91. The fourth-order valence-electron chi connectivity index (χ4n) is 4.39. The minimum Gasteiger partial charge on any atom is -0.439 e. The second kappa shape index (κ2) is 9.76. The first-order valence-corrected chi connectivity index (χ1v) is 11.4. The molecule has 3 aromatic rings. The molecule has 1 aliphatic heterocycles. The van der Waals surface area contributed by atoms with Gasteiger partial charge < -0.3 is 4.74 Å². The predicted molar refractivity (Wildman–Crippen MR) is 120 cm³/mol. The van der Waals surface area contributed by atoms with Gasteiger partial charge >= 0.3 is 24.6 Å². The normalized spacial score (nSPS) is 18.4. The van der Waals surface area contributed by atoms with Crippen molar-refractivity contribution < 1.29 is 49.0 Å². The minimum atomic E-state index is -5.12. The average molecular weight is 562 g/mol. The summed E-state index contributed by atoms with van der Waals surface area (Å²) in [4.78, 5) is 17.9. The van der Waals surface area contributed by atoms with E-state index in [1.54, 1.807) is 19.1 Å². The van der Waals surface area contributed by atoms with Crippen LogP contribution in [-0.2, 0) is 29.8 Å². The first-order chi connectivity index (χ1) is 18.0. The van der Waals surface area contributed by atoms with Crippen LogP contribution in [0.2, 0.25) is 0 Å². The fourth-order valence-corrected chi connectivity index (χ4v) is 4.39. The van der Waals surface area contributed by atoms with Crippen molar-refractivity contribution in [1.29, 1.82) is 0 Å². The van der Waals surface area contributed by atoms with Crippen molar-refractivity contribution in [2.75, 3.05) is 0 Å². The van der Waals surface area contributed by atoms with Crippen LogP contribution in [0.4, 0.5) is 44.3 Å². The predicted octanol–water partition coefficient (Wildman–Crippen LogP) is 8.20. The van der Waals surface area contributed by atoms with Gasteiger partial charge in [0.05, 0.1) is 35.0 Å². The number of ether oxygens (including phenoxy) is 1. The highest BCUT2D eigenvalue weighted by atomic mass is 19.4. The van der Waals surface area contributed by atoms with Gasteiger partial charge in [-0.05, 0) is 66.9 Å². The van der Waals surface area contributed by atoms with E-state index in [9.17, 15) is 44.3 Å². The third kappa shape index (κ3) is 5.81. The van der Waals surface area contributed by atoms with Gasteiger partial charge in [-0.2, -0.15) is 39.5 Å². The standard InChI is InChI=1S/C26H19F9N2O2/c1-13-4-3-7-36-21(13)20-6-5-17(24(27,28)29)10-16(20)12-37-14(2)22(39-23(37)38)15-8-18(25(30,31)32)11-19(9-15)26(33,34)35/h3-11,14,22H,12H2,1-2H3/t14-,22-/m0/s1. The zero-order valence-corrected chi connectivity index (χ0v) is 20.2. The van der Waals surface area contributed by atoms with E-state index in [-0.39, 0.29) is 17.2 Å². The topological polar surface area (TPSA) is 42.4 Å². The number of amides is 1. The Morgan fingerprint density at radius 1 is 0.846 bits per heavy atom. The molecule has 0 saturated carbocycles. The van der Waals surface area contributed by atoms with Crippen LogP contribution in [0.15, 0.2) is 54.7 Å². The van der Waals surface area contributed by atoms with E-state index in [0.717, 1.165) is 17.0 Å². The molecule has 0 bridgehead atoms. The summed E-state index contributed by atoms with van der Waals surface area (Å²) in [5.41, 5.74) is -3.49. The number of carbonyl (C=O) groups is 1. The number of aromatic nitrogens is 1. The molecule has 1 aromatic heterocycles. The summed E-state index contributed by atoms with van der Waals surface area (Å²) >= 11 is 0. The molecular weight excluding hydrogens is 543 g/mol. The maximum absolute atomic E-state index is 13.5. The Labute approximate surface area is 216 Å². The molecule has 0 N–H and O–H groups in total. The molecule has 1 aliphatic rings. The SMILES string of the molecule is Cc1cccnc1-c1ccc(C(F)(F)F)cc1CN1C(=O)O[C@H](c2cc(C(F)(F)F)cc(C(F)(F)F)c2)[C@@H]1C. The molecule has 4 rings (SSSR count). The van der Waals surface area contributed by atoms with Crippen LogP contribution in [0.25, 0.3) is 11.3 Å². The van der Waals surface area contributed by atoms with E-state index in [2.05, 4.69) is 4.98 Å². The smallest absolute Gasteiger partial charge is 0.416 e. The van der Waals surface area contributed by atoms with E-state index in [1.807, 2.05) is 0 Å². The minimum absolute atomic E-state index is 0.0103. The summed E-state index contributed by atoms with van der Waals surface area (Å²) in [5, 5.41) is 0. The Bertz CT molecular complexity index is 1370. The molecule has 0 unspecified atom stereocenters. The van der Waals surface area contributed by atoms with Crippen molar-refractivity contribution in [3.63, 3.8) is 0 Å². The van der Waals surface area contributed by atoms with Gasteiger partial charge in [0, 0.05) is 11.8 Å². The van der Waals surface area contributed by atoms with Crippen LogP contribution in [0.1, 0.15) is 46.4 Å². The number of pyridine rings is 1. The van der Waals surface area contributed by atoms with Crippen LogP contribution >= 0.6 is 0 Å². The van der Waals surface area contributed by atoms with E-state index in [4.69, 9.17) is 4.74 Å². The first-order valence-electron chi connectivity index (χ1n) is 11.4. The van der Waals surface area contributed by atoms with Crippen molar-refractivity contribution in [2.24, 2.45) is 0 Å². The van der Waals surface area contributed by atoms with Crippen LogP contribution in [0.3, 0.4) is 0 Å². The lowest BCUT2D eigenvalue weighted by Gasteiger charge is -2.24. The van der Waals surface area contributed by atoms with Gasteiger partial charge in [0.25, 0.3) is 0 Å². The number of rotatable bonds is 4. The van der Waals surface area contributed by atoms with Gasteiger partial charge in [-0.25, -0.2) is 4.79 Å². The monoisotopic (exact) mass is 562 g/mol. The zero-order valence-electron chi connectivity index (χ0n) is 20.2. The van der Waals surface area contributed by atoms with Gasteiger partial charge in [-0.3, -0.25) is 9.88 Å². The Hall–Kier alpha value is -3.77. The van der Waals surface area contributed by atoms with Crippen LogP contribution in [-0.4, -0.2) is 22.0 Å². The number of alkyl halides is 9. The number of halogens is 9. The lowest BCUT2D eigenvalue weighted by molar-refractivity contribution is -0.143. The molecule has 1 fully saturated rings. The quantitative estimate of drug-likeness (QED) is 0.301. The molecular formula is C26H19F9N2O2. The molecule has 0 spiro atoms. The number of cyclic esters (lactones) is 1. The number of carbonyl (C=O) groups excluding carboxylic acids is 1.